The summed E-state index contributed by atoms with van der Waals surface area (Å²) in [7, 11) is 0. The van der Waals surface area contributed by atoms with Gasteiger partial charge in [0, 0.05) is 43.2 Å². The van der Waals surface area contributed by atoms with Gasteiger partial charge >= 0.3 is 0 Å². The molecular formula is C16H24N4O. The van der Waals surface area contributed by atoms with Gasteiger partial charge in [0.2, 0.25) is 5.91 Å². The number of nitrogens with one attached hydrogen (secondary N) is 4. The summed E-state index contributed by atoms with van der Waals surface area (Å²) in [4.78, 5) is 11.4. The lowest BCUT2D eigenvalue weighted by atomic mass is 9.97. The molecule has 0 radical (unpaired) electrons. The van der Waals surface area contributed by atoms with E-state index >= 15 is 0 Å². The Bertz CT molecular complexity index is 531. The maximum absolute atomic E-state index is 11.4. The molecule has 21 heavy (non-hydrogen) atoms. The number of hydrogen-bond acceptors (Lipinski definition) is 4. The second kappa shape index (κ2) is 6.13. The third-order valence-corrected chi connectivity index (χ3v) is 4.61. The molecule has 0 aliphatic carbocycles. The summed E-state index contributed by atoms with van der Waals surface area (Å²) in [6.07, 6.45) is 1.43. The second-order valence-corrected chi connectivity index (χ2v) is 6.17. The molecule has 3 unspecified atom stereocenters. The number of aryl methyl sites for hydroxylation is 1. The average Bonchev–Trinajstić information content (AvgIpc) is 2.89. The minimum absolute atomic E-state index is 0.122. The van der Waals surface area contributed by atoms with Gasteiger partial charge in [-0.3, -0.25) is 15.6 Å². The van der Waals surface area contributed by atoms with E-state index in [1.165, 1.54) is 11.1 Å². The number of fused-ring (bicyclic) bond motifs is 1. The van der Waals surface area contributed by atoms with E-state index in [2.05, 4.69) is 47.5 Å². The Labute approximate surface area is 125 Å². The number of hydrogen-bond donors (Lipinski definition) is 4. The first kappa shape index (κ1) is 14.5. The van der Waals surface area contributed by atoms with Gasteiger partial charge in [0.05, 0.1) is 0 Å². The number of hydrazine groups is 1. The molecule has 1 saturated heterocycles. The van der Waals surface area contributed by atoms with Crippen LogP contribution >= 0.6 is 0 Å². The molecule has 1 aromatic rings. The van der Waals surface area contributed by atoms with E-state index < -0.39 is 0 Å². The fourth-order valence-corrected chi connectivity index (χ4v) is 3.01. The molecule has 2 heterocycles. The smallest absolute Gasteiger partial charge is 0.224 e. The van der Waals surface area contributed by atoms with Gasteiger partial charge in [0.15, 0.2) is 0 Å². The van der Waals surface area contributed by atoms with Crippen LogP contribution in [0.25, 0.3) is 0 Å². The van der Waals surface area contributed by atoms with Crippen LogP contribution in [0.4, 0.5) is 5.69 Å². The molecule has 1 fully saturated rings. The van der Waals surface area contributed by atoms with Crippen LogP contribution in [-0.4, -0.2) is 25.0 Å². The van der Waals surface area contributed by atoms with E-state index in [1.807, 2.05) is 6.07 Å². The van der Waals surface area contributed by atoms with Gasteiger partial charge in [-0.25, -0.2) is 0 Å². The SMILES string of the molecule is CC(NCC1CNNC1C)c1ccc2c(c1)CCC(=O)N2. The number of carbonyl (C=O) groups excluding carboxylic acids is 1. The summed E-state index contributed by atoms with van der Waals surface area (Å²) in [5, 5.41) is 6.55. The van der Waals surface area contributed by atoms with Crippen molar-refractivity contribution in [2.24, 2.45) is 5.92 Å². The zero-order chi connectivity index (χ0) is 14.8. The third kappa shape index (κ3) is 3.26. The number of rotatable bonds is 4. The van der Waals surface area contributed by atoms with Crippen molar-refractivity contribution in [3.63, 3.8) is 0 Å². The molecule has 2 aliphatic rings. The summed E-state index contributed by atoms with van der Waals surface area (Å²) in [6, 6.07) is 7.18. The summed E-state index contributed by atoms with van der Waals surface area (Å²) >= 11 is 0. The molecule has 0 saturated carbocycles. The summed E-state index contributed by atoms with van der Waals surface area (Å²) in [5.74, 6) is 0.737. The summed E-state index contributed by atoms with van der Waals surface area (Å²) in [6.45, 7) is 6.41. The molecular weight excluding hydrogens is 264 g/mol. The van der Waals surface area contributed by atoms with Gasteiger partial charge in [-0.2, -0.15) is 0 Å². The minimum Gasteiger partial charge on any atom is -0.326 e. The average molecular weight is 288 g/mol. The van der Waals surface area contributed by atoms with E-state index in [4.69, 9.17) is 0 Å². The van der Waals surface area contributed by atoms with Gasteiger partial charge in [-0.05, 0) is 37.5 Å². The quantitative estimate of drug-likeness (QED) is 0.675. The van der Waals surface area contributed by atoms with E-state index in [0.717, 1.165) is 25.2 Å². The van der Waals surface area contributed by atoms with Crippen LogP contribution in [0.15, 0.2) is 18.2 Å². The van der Waals surface area contributed by atoms with Crippen molar-refractivity contribution in [3.8, 4) is 0 Å². The van der Waals surface area contributed by atoms with Gasteiger partial charge in [0.25, 0.3) is 0 Å². The highest BCUT2D eigenvalue weighted by Crippen LogP contribution is 2.26. The fourth-order valence-electron chi connectivity index (χ4n) is 3.01. The molecule has 2 aliphatic heterocycles. The van der Waals surface area contributed by atoms with Crippen molar-refractivity contribution in [1.82, 2.24) is 16.2 Å². The van der Waals surface area contributed by atoms with Crippen molar-refractivity contribution < 1.29 is 4.79 Å². The number of benzene rings is 1. The van der Waals surface area contributed by atoms with Crippen LogP contribution in [0.2, 0.25) is 0 Å². The number of anilines is 1. The van der Waals surface area contributed by atoms with Gasteiger partial charge in [0.1, 0.15) is 0 Å². The van der Waals surface area contributed by atoms with Crippen molar-refractivity contribution >= 4 is 11.6 Å². The Morgan fingerprint density at radius 3 is 3.00 bits per heavy atom. The Morgan fingerprint density at radius 1 is 1.38 bits per heavy atom. The standard InChI is InChI=1S/C16H24N4O/c1-10(17-8-14-9-18-20-11(14)2)12-3-5-15-13(7-12)4-6-16(21)19-15/h3,5,7,10-11,14,17-18,20H,4,6,8-9H2,1-2H3,(H,19,21). The zero-order valence-electron chi connectivity index (χ0n) is 12.7. The lowest BCUT2D eigenvalue weighted by Crippen LogP contribution is -2.33. The van der Waals surface area contributed by atoms with E-state index in [0.29, 0.717) is 24.4 Å². The van der Waals surface area contributed by atoms with Crippen molar-refractivity contribution in [2.45, 2.75) is 38.8 Å². The first-order valence-electron chi connectivity index (χ1n) is 7.78. The first-order valence-corrected chi connectivity index (χ1v) is 7.78. The monoisotopic (exact) mass is 288 g/mol. The van der Waals surface area contributed by atoms with Crippen LogP contribution in [-0.2, 0) is 11.2 Å². The lowest BCUT2D eigenvalue weighted by Gasteiger charge is -2.22. The van der Waals surface area contributed by atoms with Crippen molar-refractivity contribution in [3.05, 3.63) is 29.3 Å². The molecule has 1 amide bonds. The van der Waals surface area contributed by atoms with E-state index in [1.54, 1.807) is 0 Å². The second-order valence-electron chi connectivity index (χ2n) is 6.17. The van der Waals surface area contributed by atoms with Gasteiger partial charge in [-0.15, -0.1) is 0 Å². The topological polar surface area (TPSA) is 65.2 Å². The molecule has 3 rings (SSSR count). The molecule has 0 spiro atoms. The minimum atomic E-state index is 0.122. The van der Waals surface area contributed by atoms with Crippen molar-refractivity contribution in [2.75, 3.05) is 18.4 Å². The number of amides is 1. The highest BCUT2D eigenvalue weighted by molar-refractivity contribution is 5.93. The van der Waals surface area contributed by atoms with Crippen LogP contribution < -0.4 is 21.5 Å². The van der Waals surface area contributed by atoms with Crippen LogP contribution in [0.3, 0.4) is 0 Å². The zero-order valence-corrected chi connectivity index (χ0v) is 12.7. The predicted molar refractivity (Wildman–Crippen MR) is 83.9 cm³/mol. The Hall–Kier alpha value is -1.43. The van der Waals surface area contributed by atoms with E-state index in [-0.39, 0.29) is 5.91 Å². The maximum atomic E-state index is 11.4. The van der Waals surface area contributed by atoms with Gasteiger partial charge < -0.3 is 10.6 Å². The van der Waals surface area contributed by atoms with E-state index in [9.17, 15) is 4.79 Å². The molecule has 3 atom stereocenters. The molecule has 5 nitrogen and oxygen atoms in total. The maximum Gasteiger partial charge on any atom is 0.224 e. The lowest BCUT2D eigenvalue weighted by molar-refractivity contribution is -0.116. The normalized spacial score (nSPS) is 26.3. The number of carbonyl (C=O) groups is 1. The Kier molecular flexibility index (Phi) is 4.24. The molecule has 1 aromatic carbocycles. The molecule has 0 bridgehead atoms. The Morgan fingerprint density at radius 2 is 2.24 bits per heavy atom. The van der Waals surface area contributed by atoms with Crippen molar-refractivity contribution in [1.29, 1.82) is 0 Å². The molecule has 4 N–H and O–H groups in total. The first-order chi connectivity index (χ1) is 10.1. The highest BCUT2D eigenvalue weighted by atomic mass is 16.1. The molecule has 114 valence electrons. The van der Waals surface area contributed by atoms with Crippen LogP contribution in [0.5, 0.6) is 0 Å². The van der Waals surface area contributed by atoms with Crippen LogP contribution in [0, 0.1) is 5.92 Å². The largest absolute Gasteiger partial charge is 0.326 e. The van der Waals surface area contributed by atoms with Gasteiger partial charge in [-0.1, -0.05) is 12.1 Å². The molecule has 0 aromatic heterocycles. The molecule has 5 heteroatoms. The Balaban J connectivity index is 1.62. The van der Waals surface area contributed by atoms with Crippen LogP contribution in [0.1, 0.15) is 37.4 Å². The third-order valence-electron chi connectivity index (χ3n) is 4.61. The summed E-state index contributed by atoms with van der Waals surface area (Å²) in [5.41, 5.74) is 9.96. The fraction of sp³-hybridized carbons (Fsp3) is 0.562. The summed E-state index contributed by atoms with van der Waals surface area (Å²) < 4.78 is 0. The predicted octanol–water partition coefficient (Wildman–Crippen LogP) is 1.33. The highest BCUT2D eigenvalue weighted by Gasteiger charge is 2.23.